The number of carbonyl (C=O) groups excluding carboxylic acids is 1. The second-order valence-electron chi connectivity index (χ2n) is 5.95. The van der Waals surface area contributed by atoms with E-state index in [1.807, 2.05) is 0 Å². The first-order chi connectivity index (χ1) is 8.51. The van der Waals surface area contributed by atoms with Gasteiger partial charge in [0.25, 0.3) is 0 Å². The molecular weight excluding hydrogens is 224 g/mol. The quantitative estimate of drug-likeness (QED) is 0.516. The van der Waals surface area contributed by atoms with Crippen molar-refractivity contribution in [1.29, 1.82) is 0 Å². The van der Waals surface area contributed by atoms with E-state index in [4.69, 9.17) is 4.74 Å². The highest BCUT2D eigenvalue weighted by atomic mass is 16.5. The van der Waals surface area contributed by atoms with Crippen molar-refractivity contribution in [2.45, 2.75) is 79.1 Å². The summed E-state index contributed by atoms with van der Waals surface area (Å²) in [5, 5.41) is 0. The Balaban J connectivity index is 4.53. The van der Waals surface area contributed by atoms with E-state index in [0.717, 1.165) is 19.3 Å². The van der Waals surface area contributed by atoms with Crippen LogP contribution in [0.1, 0.15) is 79.1 Å². The van der Waals surface area contributed by atoms with Gasteiger partial charge in [-0.25, -0.2) is 0 Å². The van der Waals surface area contributed by atoms with Crippen molar-refractivity contribution in [3.8, 4) is 0 Å². The van der Waals surface area contributed by atoms with Crippen LogP contribution in [-0.2, 0) is 9.53 Å². The molecule has 18 heavy (non-hydrogen) atoms. The second kappa shape index (κ2) is 9.41. The van der Waals surface area contributed by atoms with E-state index in [9.17, 15) is 4.79 Å². The van der Waals surface area contributed by atoms with Gasteiger partial charge in [0.1, 0.15) is 0 Å². The normalized spacial score (nSPS) is 13.4. The first-order valence-electron chi connectivity index (χ1n) is 7.58. The lowest BCUT2D eigenvalue weighted by Gasteiger charge is -2.33. The van der Waals surface area contributed by atoms with Gasteiger partial charge in [-0.15, -0.1) is 0 Å². The fraction of sp³-hybridized carbons (Fsp3) is 0.938. The Bertz CT molecular complexity index is 217. The summed E-state index contributed by atoms with van der Waals surface area (Å²) < 4.78 is 4.82. The molecule has 0 aliphatic carbocycles. The summed E-state index contributed by atoms with van der Waals surface area (Å²) in [4.78, 5) is 11.5. The molecular formula is C16H32O2. The molecule has 2 nitrogen and oxygen atoms in total. The Labute approximate surface area is 113 Å². The zero-order valence-corrected chi connectivity index (χ0v) is 13.1. The maximum Gasteiger partial charge on any atom is 0.305 e. The predicted molar refractivity (Wildman–Crippen MR) is 77.6 cm³/mol. The molecule has 1 atom stereocenters. The molecule has 0 aromatic heterocycles. The zero-order chi connectivity index (χ0) is 14.0. The molecule has 0 saturated heterocycles. The van der Waals surface area contributed by atoms with Gasteiger partial charge in [-0.05, 0) is 30.6 Å². The minimum Gasteiger partial charge on any atom is -0.469 e. The van der Waals surface area contributed by atoms with Gasteiger partial charge in [-0.2, -0.15) is 0 Å². The van der Waals surface area contributed by atoms with E-state index in [1.165, 1.54) is 32.8 Å². The van der Waals surface area contributed by atoms with Crippen LogP contribution in [0.15, 0.2) is 0 Å². The van der Waals surface area contributed by atoms with Crippen molar-refractivity contribution in [2.24, 2.45) is 11.3 Å². The van der Waals surface area contributed by atoms with Gasteiger partial charge in [0, 0.05) is 6.42 Å². The van der Waals surface area contributed by atoms with Gasteiger partial charge >= 0.3 is 5.97 Å². The van der Waals surface area contributed by atoms with Crippen LogP contribution >= 0.6 is 0 Å². The molecule has 108 valence electrons. The fourth-order valence-corrected chi connectivity index (χ4v) is 3.24. The van der Waals surface area contributed by atoms with Crippen LogP contribution in [0.5, 0.6) is 0 Å². The molecule has 0 radical (unpaired) electrons. The molecule has 0 bridgehead atoms. The first kappa shape index (κ1) is 17.5. The topological polar surface area (TPSA) is 26.3 Å². The molecule has 0 saturated carbocycles. The highest BCUT2D eigenvalue weighted by Crippen LogP contribution is 2.38. The van der Waals surface area contributed by atoms with E-state index in [2.05, 4.69) is 27.7 Å². The summed E-state index contributed by atoms with van der Waals surface area (Å²) in [7, 11) is 1.49. The number of esters is 1. The van der Waals surface area contributed by atoms with E-state index < -0.39 is 0 Å². The summed E-state index contributed by atoms with van der Waals surface area (Å²) in [6.07, 6.45) is 9.03. The molecule has 1 unspecified atom stereocenters. The lowest BCUT2D eigenvalue weighted by molar-refractivity contribution is -0.142. The van der Waals surface area contributed by atoms with E-state index in [0.29, 0.717) is 17.8 Å². The van der Waals surface area contributed by atoms with Crippen molar-refractivity contribution in [3.63, 3.8) is 0 Å². The van der Waals surface area contributed by atoms with Crippen LogP contribution in [-0.4, -0.2) is 13.1 Å². The van der Waals surface area contributed by atoms with Crippen LogP contribution < -0.4 is 0 Å². The van der Waals surface area contributed by atoms with E-state index >= 15 is 0 Å². The number of hydrogen-bond acceptors (Lipinski definition) is 2. The third-order valence-electron chi connectivity index (χ3n) is 3.87. The summed E-state index contributed by atoms with van der Waals surface area (Å²) in [6.45, 7) is 9.09. The number of hydrogen-bond donors (Lipinski definition) is 0. The minimum absolute atomic E-state index is 0.0520. The van der Waals surface area contributed by atoms with Crippen molar-refractivity contribution in [1.82, 2.24) is 0 Å². The third kappa shape index (κ3) is 7.03. The summed E-state index contributed by atoms with van der Waals surface area (Å²) in [5.74, 6) is 0.439. The maximum absolute atomic E-state index is 11.5. The van der Waals surface area contributed by atoms with Gasteiger partial charge in [0.05, 0.1) is 7.11 Å². The molecule has 0 aromatic carbocycles. The Morgan fingerprint density at radius 3 is 2.06 bits per heavy atom. The maximum atomic E-state index is 11.5. The average Bonchev–Trinajstić information content (AvgIpc) is 2.29. The van der Waals surface area contributed by atoms with Crippen LogP contribution in [0.4, 0.5) is 0 Å². The zero-order valence-electron chi connectivity index (χ0n) is 13.1. The summed E-state index contributed by atoms with van der Waals surface area (Å²) in [5.41, 5.74) is 0.400. The molecule has 0 aliphatic heterocycles. The van der Waals surface area contributed by atoms with E-state index in [-0.39, 0.29) is 5.97 Å². The minimum atomic E-state index is -0.0520. The Morgan fingerprint density at radius 2 is 1.67 bits per heavy atom. The standard InChI is InChI=1S/C16H32O2/c1-6-9-14(12-15(17)18-5)13-16(4,10-7-2)11-8-3/h14H,6-13H2,1-5H3. The van der Waals surface area contributed by atoms with Crippen molar-refractivity contribution in [2.75, 3.05) is 7.11 Å². The molecule has 0 N–H and O–H groups in total. The molecule has 0 spiro atoms. The van der Waals surface area contributed by atoms with Gasteiger partial charge in [0.15, 0.2) is 0 Å². The highest BCUT2D eigenvalue weighted by molar-refractivity contribution is 5.69. The van der Waals surface area contributed by atoms with Crippen LogP contribution in [0.3, 0.4) is 0 Å². The van der Waals surface area contributed by atoms with Crippen molar-refractivity contribution >= 4 is 5.97 Å². The average molecular weight is 256 g/mol. The molecule has 0 heterocycles. The SMILES string of the molecule is CCCC(CC(=O)OC)CC(C)(CCC)CCC. The van der Waals surface area contributed by atoms with Gasteiger partial charge < -0.3 is 4.74 Å². The van der Waals surface area contributed by atoms with E-state index in [1.54, 1.807) is 0 Å². The lowest BCUT2D eigenvalue weighted by atomic mass is 9.73. The predicted octanol–water partition coefficient (Wildman–Crippen LogP) is 4.96. The second-order valence-corrected chi connectivity index (χ2v) is 5.95. The number of carbonyl (C=O) groups is 1. The van der Waals surface area contributed by atoms with Crippen molar-refractivity contribution in [3.05, 3.63) is 0 Å². The summed E-state index contributed by atoms with van der Waals surface area (Å²) >= 11 is 0. The van der Waals surface area contributed by atoms with Gasteiger partial charge in [-0.1, -0.05) is 53.4 Å². The Morgan fingerprint density at radius 1 is 1.11 bits per heavy atom. The fourth-order valence-electron chi connectivity index (χ4n) is 3.24. The molecule has 0 rings (SSSR count). The first-order valence-corrected chi connectivity index (χ1v) is 7.58. The third-order valence-corrected chi connectivity index (χ3v) is 3.87. The van der Waals surface area contributed by atoms with Gasteiger partial charge in [-0.3, -0.25) is 4.79 Å². The smallest absolute Gasteiger partial charge is 0.305 e. The Hall–Kier alpha value is -0.530. The molecule has 0 aliphatic rings. The number of ether oxygens (including phenoxy) is 1. The highest BCUT2D eigenvalue weighted by Gasteiger charge is 2.27. The lowest BCUT2D eigenvalue weighted by Crippen LogP contribution is -2.22. The Kier molecular flexibility index (Phi) is 9.13. The largest absolute Gasteiger partial charge is 0.469 e. The number of methoxy groups -OCH3 is 1. The monoisotopic (exact) mass is 256 g/mol. The number of rotatable bonds is 10. The molecule has 2 heteroatoms. The molecule has 0 aromatic rings. The molecule has 0 amide bonds. The van der Waals surface area contributed by atoms with Crippen molar-refractivity contribution < 1.29 is 9.53 Å². The van der Waals surface area contributed by atoms with Crippen LogP contribution in [0, 0.1) is 11.3 Å². The van der Waals surface area contributed by atoms with Crippen LogP contribution in [0.2, 0.25) is 0 Å². The summed E-state index contributed by atoms with van der Waals surface area (Å²) in [6, 6.07) is 0. The molecule has 0 fully saturated rings. The van der Waals surface area contributed by atoms with Gasteiger partial charge in [0.2, 0.25) is 0 Å². The van der Waals surface area contributed by atoms with Crippen LogP contribution in [0.25, 0.3) is 0 Å².